The van der Waals surface area contributed by atoms with Gasteiger partial charge in [0.1, 0.15) is 18.0 Å². The summed E-state index contributed by atoms with van der Waals surface area (Å²) in [5.41, 5.74) is 4.40. The first kappa shape index (κ1) is 25.6. The number of benzene rings is 2. The molecule has 2 aromatic carbocycles. The van der Waals surface area contributed by atoms with Gasteiger partial charge < -0.3 is 25.2 Å². The molecule has 188 valence electrons. The van der Waals surface area contributed by atoms with Gasteiger partial charge in [-0.15, -0.1) is 0 Å². The Hall–Kier alpha value is -3.44. The number of rotatable bonds is 9. The van der Waals surface area contributed by atoms with Crippen LogP contribution in [0.25, 0.3) is 11.1 Å². The minimum absolute atomic E-state index is 0.174. The first-order valence-electron chi connectivity index (χ1n) is 12.4. The van der Waals surface area contributed by atoms with Crippen LogP contribution in [0.1, 0.15) is 61.7 Å². The van der Waals surface area contributed by atoms with E-state index in [0.717, 1.165) is 29.5 Å². The van der Waals surface area contributed by atoms with Crippen molar-refractivity contribution >= 4 is 5.97 Å². The van der Waals surface area contributed by atoms with Gasteiger partial charge in [0.2, 0.25) is 0 Å². The molecule has 0 radical (unpaired) electrons. The molecule has 0 amide bonds. The van der Waals surface area contributed by atoms with Crippen molar-refractivity contribution in [2.75, 3.05) is 13.2 Å². The molecule has 1 aliphatic carbocycles. The van der Waals surface area contributed by atoms with E-state index >= 15 is 0 Å². The number of hydrogen-bond donors (Lipinski definition) is 4. The molecule has 1 saturated carbocycles. The standard InChI is InChI=1S/C29H33N3O4/c1-19(29(35)36)17-31-26-15-25(16-26)24-10-8-23(9-11-24)22-6-3-21(4-7-22)5-12-27(18-33)32-14-13-30-28(32)20(2)34/h3-4,6-11,13-14,19-20,25-27,31,33-34H,15-18H2,1-2H3,(H,35,36)/t19?,20-,25?,26?,27-/m0/s1. The maximum absolute atomic E-state index is 11.0. The zero-order chi connectivity index (χ0) is 25.7. The van der Waals surface area contributed by atoms with Crippen LogP contribution in [-0.2, 0) is 4.79 Å². The number of carbonyl (C=O) groups is 1. The maximum Gasteiger partial charge on any atom is 0.307 e. The minimum Gasteiger partial charge on any atom is -0.481 e. The molecule has 0 bridgehead atoms. The topological polar surface area (TPSA) is 108 Å². The monoisotopic (exact) mass is 487 g/mol. The molecule has 1 fully saturated rings. The van der Waals surface area contributed by atoms with Crippen molar-refractivity contribution in [3.05, 3.63) is 77.9 Å². The molecule has 7 nitrogen and oxygen atoms in total. The van der Waals surface area contributed by atoms with Gasteiger partial charge in [0.15, 0.2) is 0 Å². The Morgan fingerprint density at radius 3 is 2.33 bits per heavy atom. The van der Waals surface area contributed by atoms with Crippen LogP contribution in [0.2, 0.25) is 0 Å². The lowest BCUT2D eigenvalue weighted by Gasteiger charge is -2.37. The van der Waals surface area contributed by atoms with Crippen molar-refractivity contribution in [1.82, 2.24) is 14.9 Å². The van der Waals surface area contributed by atoms with Crippen molar-refractivity contribution in [3.8, 4) is 23.0 Å². The molecule has 0 aliphatic heterocycles. The van der Waals surface area contributed by atoms with Crippen molar-refractivity contribution in [2.24, 2.45) is 5.92 Å². The van der Waals surface area contributed by atoms with Gasteiger partial charge in [-0.3, -0.25) is 4.79 Å². The molecular formula is C29H33N3O4. The summed E-state index contributed by atoms with van der Waals surface area (Å²) >= 11 is 0. The number of aliphatic hydroxyl groups is 2. The fraction of sp³-hybridized carbons (Fsp3) is 0.379. The third kappa shape index (κ3) is 6.03. The largest absolute Gasteiger partial charge is 0.481 e. The molecule has 4 N–H and O–H groups in total. The Balaban J connectivity index is 1.34. The van der Waals surface area contributed by atoms with Crippen LogP contribution in [0, 0.1) is 17.8 Å². The minimum atomic E-state index is -0.760. The molecule has 0 saturated heterocycles. The van der Waals surface area contributed by atoms with E-state index in [-0.39, 0.29) is 12.5 Å². The van der Waals surface area contributed by atoms with Crippen LogP contribution >= 0.6 is 0 Å². The molecule has 0 spiro atoms. The van der Waals surface area contributed by atoms with Crippen LogP contribution in [0.4, 0.5) is 0 Å². The lowest BCUT2D eigenvalue weighted by Crippen LogP contribution is -2.42. The van der Waals surface area contributed by atoms with Gasteiger partial charge in [-0.1, -0.05) is 55.2 Å². The molecule has 4 rings (SSSR count). The van der Waals surface area contributed by atoms with Gasteiger partial charge in [-0.2, -0.15) is 0 Å². The average molecular weight is 488 g/mol. The third-order valence-electron chi connectivity index (χ3n) is 6.84. The van der Waals surface area contributed by atoms with Gasteiger partial charge in [0.05, 0.1) is 12.5 Å². The summed E-state index contributed by atoms with van der Waals surface area (Å²) in [6.07, 6.45) is 4.63. The van der Waals surface area contributed by atoms with Crippen LogP contribution in [0.3, 0.4) is 0 Å². The molecule has 1 heterocycles. The SMILES string of the molecule is CC(CNC1CC(c2ccc(-c3ccc(C#C[C@@H](CO)n4ccnc4[C@H](C)O)cc3)cc2)C1)C(=O)O. The maximum atomic E-state index is 11.0. The van der Waals surface area contributed by atoms with Gasteiger partial charge in [0.25, 0.3) is 0 Å². The number of aliphatic carboxylic acids is 1. The van der Waals surface area contributed by atoms with Crippen LogP contribution in [-0.4, -0.2) is 50.0 Å². The highest BCUT2D eigenvalue weighted by atomic mass is 16.4. The molecule has 7 heteroatoms. The first-order valence-corrected chi connectivity index (χ1v) is 12.4. The highest BCUT2D eigenvalue weighted by Crippen LogP contribution is 2.37. The summed E-state index contributed by atoms with van der Waals surface area (Å²) in [7, 11) is 0. The van der Waals surface area contributed by atoms with Gasteiger partial charge in [-0.05, 0) is 54.5 Å². The Labute approximate surface area is 211 Å². The summed E-state index contributed by atoms with van der Waals surface area (Å²) in [5.74, 6) is 6.06. The highest BCUT2D eigenvalue weighted by Gasteiger charge is 2.30. The van der Waals surface area contributed by atoms with Crippen molar-refractivity contribution in [3.63, 3.8) is 0 Å². The Morgan fingerprint density at radius 1 is 1.11 bits per heavy atom. The molecule has 1 aliphatic rings. The molecule has 3 atom stereocenters. The van der Waals surface area contributed by atoms with Crippen LogP contribution < -0.4 is 5.32 Å². The van der Waals surface area contributed by atoms with Crippen molar-refractivity contribution in [2.45, 2.75) is 50.8 Å². The third-order valence-corrected chi connectivity index (χ3v) is 6.84. The fourth-order valence-electron chi connectivity index (χ4n) is 4.46. The van der Waals surface area contributed by atoms with E-state index in [1.807, 2.05) is 24.3 Å². The summed E-state index contributed by atoms with van der Waals surface area (Å²) in [4.78, 5) is 15.1. The number of carboxylic acids is 1. The molecule has 36 heavy (non-hydrogen) atoms. The van der Waals surface area contributed by atoms with Crippen LogP contribution in [0.5, 0.6) is 0 Å². The molecule has 1 unspecified atom stereocenters. The number of aliphatic hydroxyl groups excluding tert-OH is 2. The Kier molecular flexibility index (Phi) is 8.21. The van der Waals surface area contributed by atoms with E-state index in [1.54, 1.807) is 30.8 Å². The predicted octanol–water partition coefficient (Wildman–Crippen LogP) is 3.74. The fourth-order valence-corrected chi connectivity index (χ4v) is 4.46. The van der Waals surface area contributed by atoms with E-state index in [9.17, 15) is 15.0 Å². The highest BCUT2D eigenvalue weighted by molar-refractivity contribution is 5.69. The number of nitrogens with one attached hydrogen (secondary N) is 1. The van der Waals surface area contributed by atoms with E-state index in [0.29, 0.717) is 24.3 Å². The number of nitrogens with zero attached hydrogens (tertiary/aromatic N) is 2. The smallest absolute Gasteiger partial charge is 0.307 e. The predicted molar refractivity (Wildman–Crippen MR) is 138 cm³/mol. The first-order chi connectivity index (χ1) is 17.4. The zero-order valence-electron chi connectivity index (χ0n) is 20.6. The summed E-state index contributed by atoms with van der Waals surface area (Å²) in [6, 6.07) is 16.6. The second-order valence-electron chi connectivity index (χ2n) is 9.55. The molecule has 1 aromatic heterocycles. The second-order valence-corrected chi connectivity index (χ2v) is 9.55. The van der Waals surface area contributed by atoms with E-state index in [4.69, 9.17) is 5.11 Å². The van der Waals surface area contributed by atoms with Crippen LogP contribution in [0.15, 0.2) is 60.9 Å². The van der Waals surface area contributed by atoms with E-state index in [1.165, 1.54) is 5.56 Å². The second kappa shape index (κ2) is 11.5. The zero-order valence-corrected chi connectivity index (χ0v) is 20.6. The lowest BCUT2D eigenvalue weighted by atomic mass is 9.75. The normalized spacial score (nSPS) is 19.4. The number of imidazole rings is 1. The molecule has 3 aromatic rings. The van der Waals surface area contributed by atoms with Gasteiger partial charge >= 0.3 is 5.97 Å². The summed E-state index contributed by atoms with van der Waals surface area (Å²) in [6.45, 7) is 3.70. The van der Waals surface area contributed by atoms with E-state index < -0.39 is 18.1 Å². The summed E-state index contributed by atoms with van der Waals surface area (Å²) in [5, 5.41) is 32.0. The van der Waals surface area contributed by atoms with E-state index in [2.05, 4.69) is 46.4 Å². The Bertz CT molecular complexity index is 1220. The van der Waals surface area contributed by atoms with Gasteiger partial charge in [0, 0.05) is 30.5 Å². The van der Waals surface area contributed by atoms with Crippen molar-refractivity contribution in [1.29, 1.82) is 0 Å². The summed E-state index contributed by atoms with van der Waals surface area (Å²) < 4.78 is 1.70. The van der Waals surface area contributed by atoms with Gasteiger partial charge in [-0.25, -0.2) is 4.98 Å². The Morgan fingerprint density at radius 2 is 1.75 bits per heavy atom. The number of carboxylic acid groups (broad SMARTS) is 1. The molecular weight excluding hydrogens is 454 g/mol. The average Bonchev–Trinajstić information content (AvgIpc) is 3.34. The van der Waals surface area contributed by atoms with Crippen molar-refractivity contribution < 1.29 is 20.1 Å². The quantitative estimate of drug-likeness (QED) is 0.343. The lowest BCUT2D eigenvalue weighted by molar-refractivity contribution is -0.141. The number of aromatic nitrogens is 2. The number of hydrogen-bond acceptors (Lipinski definition) is 5.